The number of hydrogen-bond donors (Lipinski definition) is 1. The summed E-state index contributed by atoms with van der Waals surface area (Å²) in [6, 6.07) is 10.1. The van der Waals surface area contributed by atoms with Crippen molar-refractivity contribution in [1.82, 2.24) is 9.03 Å². The van der Waals surface area contributed by atoms with Crippen molar-refractivity contribution >= 4 is 10.2 Å². The zero-order valence-electron chi connectivity index (χ0n) is 13.4. The molecule has 6 heteroatoms. The van der Waals surface area contributed by atoms with Gasteiger partial charge in [0.15, 0.2) is 0 Å². The van der Waals surface area contributed by atoms with Gasteiger partial charge in [-0.2, -0.15) is 12.7 Å². The van der Waals surface area contributed by atoms with Gasteiger partial charge < -0.3 is 4.74 Å². The largest absolute Gasteiger partial charge is 0.376 e. The van der Waals surface area contributed by atoms with E-state index in [0.29, 0.717) is 25.6 Å². The number of methoxy groups -OCH3 is 1. The normalized spacial score (nSPS) is 19.2. The second kappa shape index (κ2) is 8.06. The van der Waals surface area contributed by atoms with Gasteiger partial charge in [-0.3, -0.25) is 0 Å². The Hall–Kier alpha value is -0.950. The highest BCUT2D eigenvalue weighted by Gasteiger charge is 2.32. The quantitative estimate of drug-likeness (QED) is 0.836. The van der Waals surface area contributed by atoms with Crippen LogP contribution in [0.3, 0.4) is 0 Å². The van der Waals surface area contributed by atoms with Gasteiger partial charge in [0, 0.05) is 26.7 Å². The lowest BCUT2D eigenvalue weighted by Crippen LogP contribution is -2.45. The first-order valence-corrected chi connectivity index (χ1v) is 9.35. The molecule has 124 valence electrons. The molecular weight excluding hydrogens is 300 g/mol. The molecule has 22 heavy (non-hydrogen) atoms. The summed E-state index contributed by atoms with van der Waals surface area (Å²) in [5.41, 5.74) is 1.16. The van der Waals surface area contributed by atoms with Crippen LogP contribution >= 0.6 is 0 Å². The van der Waals surface area contributed by atoms with E-state index < -0.39 is 10.2 Å². The van der Waals surface area contributed by atoms with E-state index in [2.05, 4.69) is 16.9 Å². The molecule has 5 nitrogen and oxygen atoms in total. The van der Waals surface area contributed by atoms with Crippen molar-refractivity contribution in [2.75, 3.05) is 26.7 Å². The molecule has 1 aromatic carbocycles. The van der Waals surface area contributed by atoms with Crippen LogP contribution in [0.25, 0.3) is 0 Å². The van der Waals surface area contributed by atoms with Crippen LogP contribution in [0.15, 0.2) is 30.3 Å². The second-order valence-electron chi connectivity index (χ2n) is 5.70. The number of benzene rings is 1. The molecule has 1 N–H and O–H groups in total. The monoisotopic (exact) mass is 326 g/mol. The van der Waals surface area contributed by atoms with Gasteiger partial charge >= 0.3 is 0 Å². The minimum atomic E-state index is -3.32. The van der Waals surface area contributed by atoms with Crippen molar-refractivity contribution in [2.24, 2.45) is 5.92 Å². The molecule has 0 bridgehead atoms. The number of rotatable bonds is 7. The molecule has 0 saturated carbocycles. The van der Waals surface area contributed by atoms with Crippen molar-refractivity contribution in [3.8, 4) is 0 Å². The molecule has 1 aliphatic rings. The molecule has 0 aromatic heterocycles. The molecule has 1 saturated heterocycles. The Morgan fingerprint density at radius 2 is 1.91 bits per heavy atom. The van der Waals surface area contributed by atoms with Gasteiger partial charge in [-0.25, -0.2) is 4.72 Å². The number of nitrogens with zero attached hydrogens (tertiary/aromatic N) is 1. The third kappa shape index (κ3) is 4.29. The number of ether oxygens (including phenoxy) is 1. The first-order chi connectivity index (χ1) is 10.6. The molecule has 0 aliphatic carbocycles. The van der Waals surface area contributed by atoms with Crippen LogP contribution in [0, 0.1) is 5.92 Å². The van der Waals surface area contributed by atoms with Crippen LogP contribution in [0.4, 0.5) is 0 Å². The number of piperidine rings is 1. The van der Waals surface area contributed by atoms with E-state index in [0.717, 1.165) is 24.8 Å². The molecule has 1 atom stereocenters. The van der Waals surface area contributed by atoms with Crippen LogP contribution in [0.1, 0.15) is 37.9 Å². The van der Waals surface area contributed by atoms with E-state index in [1.807, 2.05) is 25.1 Å². The van der Waals surface area contributed by atoms with Gasteiger partial charge in [0.2, 0.25) is 0 Å². The Morgan fingerprint density at radius 3 is 2.45 bits per heavy atom. The molecule has 0 amide bonds. The third-order valence-electron chi connectivity index (χ3n) is 4.18. The lowest BCUT2D eigenvalue weighted by atomic mass is 9.88. The van der Waals surface area contributed by atoms with Gasteiger partial charge in [-0.15, -0.1) is 0 Å². The first kappa shape index (κ1) is 17.4. The van der Waals surface area contributed by atoms with Gasteiger partial charge in [0.05, 0.1) is 6.10 Å². The molecule has 1 unspecified atom stereocenters. The van der Waals surface area contributed by atoms with E-state index >= 15 is 0 Å². The van der Waals surface area contributed by atoms with Crippen LogP contribution in [-0.2, 0) is 14.9 Å². The number of hydrogen-bond acceptors (Lipinski definition) is 3. The lowest BCUT2D eigenvalue weighted by Gasteiger charge is -2.35. The fraction of sp³-hybridized carbons (Fsp3) is 0.625. The Labute approximate surface area is 133 Å². The Morgan fingerprint density at radius 1 is 1.27 bits per heavy atom. The molecule has 1 fully saturated rings. The third-order valence-corrected chi connectivity index (χ3v) is 5.80. The van der Waals surface area contributed by atoms with Gasteiger partial charge in [0.25, 0.3) is 10.2 Å². The van der Waals surface area contributed by atoms with Crippen LogP contribution in [0.2, 0.25) is 0 Å². The van der Waals surface area contributed by atoms with Crippen molar-refractivity contribution in [3.63, 3.8) is 0 Å². The zero-order valence-corrected chi connectivity index (χ0v) is 14.2. The summed E-state index contributed by atoms with van der Waals surface area (Å²) in [7, 11) is -1.60. The number of nitrogens with one attached hydrogen (secondary N) is 1. The van der Waals surface area contributed by atoms with E-state index in [1.165, 1.54) is 0 Å². The summed E-state index contributed by atoms with van der Waals surface area (Å²) in [5, 5.41) is 0. The minimum absolute atomic E-state index is 0.0367. The Bertz CT molecular complexity index is 540. The van der Waals surface area contributed by atoms with E-state index in [1.54, 1.807) is 11.4 Å². The fourth-order valence-corrected chi connectivity index (χ4v) is 4.32. The molecule has 0 radical (unpaired) electrons. The molecule has 1 aromatic rings. The van der Waals surface area contributed by atoms with E-state index in [4.69, 9.17) is 4.74 Å². The summed E-state index contributed by atoms with van der Waals surface area (Å²) < 4.78 is 34.2. The van der Waals surface area contributed by atoms with Crippen molar-refractivity contribution < 1.29 is 13.2 Å². The maximum Gasteiger partial charge on any atom is 0.279 e. The van der Waals surface area contributed by atoms with Crippen molar-refractivity contribution in [3.05, 3.63) is 35.9 Å². The molecule has 1 aliphatic heterocycles. The molecular formula is C16H26N2O3S. The van der Waals surface area contributed by atoms with Crippen LogP contribution in [0.5, 0.6) is 0 Å². The summed E-state index contributed by atoms with van der Waals surface area (Å²) in [6.45, 7) is 3.55. The maximum atomic E-state index is 12.1. The lowest BCUT2D eigenvalue weighted by molar-refractivity contribution is 0.0302. The molecule has 2 rings (SSSR count). The Kier molecular flexibility index (Phi) is 6.37. The van der Waals surface area contributed by atoms with Crippen LogP contribution < -0.4 is 4.72 Å². The standard InChI is InChI=1S/C16H26N2O3S/c1-3-11-17-22(19,20)18-12-9-15(10-13-18)16(21-2)14-7-5-4-6-8-14/h4-8,15-17H,3,9-13H2,1-2H3. The highest BCUT2D eigenvalue weighted by molar-refractivity contribution is 7.87. The van der Waals surface area contributed by atoms with Gasteiger partial charge in [-0.1, -0.05) is 37.3 Å². The highest BCUT2D eigenvalue weighted by atomic mass is 32.2. The smallest absolute Gasteiger partial charge is 0.279 e. The topological polar surface area (TPSA) is 58.6 Å². The maximum absolute atomic E-state index is 12.1. The Balaban J connectivity index is 1.96. The summed E-state index contributed by atoms with van der Waals surface area (Å²) >= 11 is 0. The average molecular weight is 326 g/mol. The predicted octanol–water partition coefficient (Wildman–Crippen LogP) is 2.33. The predicted molar refractivity (Wildman–Crippen MR) is 87.7 cm³/mol. The van der Waals surface area contributed by atoms with Crippen molar-refractivity contribution in [2.45, 2.75) is 32.3 Å². The van der Waals surface area contributed by atoms with E-state index in [-0.39, 0.29) is 6.10 Å². The van der Waals surface area contributed by atoms with E-state index in [9.17, 15) is 8.42 Å². The fourth-order valence-electron chi connectivity index (χ4n) is 2.98. The van der Waals surface area contributed by atoms with Crippen molar-refractivity contribution in [1.29, 1.82) is 0 Å². The second-order valence-corrected chi connectivity index (χ2v) is 7.46. The summed E-state index contributed by atoms with van der Waals surface area (Å²) in [4.78, 5) is 0. The van der Waals surface area contributed by atoms with Gasteiger partial charge in [-0.05, 0) is 30.7 Å². The highest BCUT2D eigenvalue weighted by Crippen LogP contribution is 2.33. The SMILES string of the molecule is CCCNS(=O)(=O)N1CCC(C(OC)c2ccccc2)CC1. The minimum Gasteiger partial charge on any atom is -0.376 e. The van der Waals surface area contributed by atoms with Gasteiger partial charge in [0.1, 0.15) is 0 Å². The summed E-state index contributed by atoms with van der Waals surface area (Å²) in [6.07, 6.45) is 2.48. The zero-order chi connectivity index (χ0) is 16.0. The summed E-state index contributed by atoms with van der Waals surface area (Å²) in [5.74, 6) is 0.352. The van der Waals surface area contributed by atoms with Crippen LogP contribution in [-0.4, -0.2) is 39.5 Å². The average Bonchev–Trinajstić information content (AvgIpc) is 2.55. The first-order valence-electron chi connectivity index (χ1n) is 7.91. The molecule has 1 heterocycles. The molecule has 0 spiro atoms.